The minimum atomic E-state index is 0.907. The Labute approximate surface area is 113 Å². The summed E-state index contributed by atoms with van der Waals surface area (Å²) in [5.74, 6) is 0.907. The zero-order valence-electron chi connectivity index (χ0n) is 10.9. The maximum absolute atomic E-state index is 3.61. The van der Waals surface area contributed by atoms with Gasteiger partial charge in [0.25, 0.3) is 0 Å². The SMILES string of the molecule is CCCC1CCN(c2ccc(C)cc2CBr)C1. The molecular weight excluding hydrogens is 274 g/mol. The molecule has 1 aromatic rings. The molecule has 1 atom stereocenters. The molecule has 1 saturated heterocycles. The predicted molar refractivity (Wildman–Crippen MR) is 79.0 cm³/mol. The van der Waals surface area contributed by atoms with Gasteiger partial charge < -0.3 is 4.90 Å². The molecule has 17 heavy (non-hydrogen) atoms. The van der Waals surface area contributed by atoms with Crippen LogP contribution in [0.4, 0.5) is 5.69 Å². The lowest BCUT2D eigenvalue weighted by molar-refractivity contribution is 0.530. The highest BCUT2D eigenvalue weighted by atomic mass is 79.9. The van der Waals surface area contributed by atoms with Crippen LogP contribution in [-0.4, -0.2) is 13.1 Å². The smallest absolute Gasteiger partial charge is 0.0407 e. The number of alkyl halides is 1. The van der Waals surface area contributed by atoms with Crippen LogP contribution in [0.1, 0.15) is 37.3 Å². The van der Waals surface area contributed by atoms with E-state index in [9.17, 15) is 0 Å². The molecule has 0 aromatic heterocycles. The van der Waals surface area contributed by atoms with Crippen LogP contribution in [0, 0.1) is 12.8 Å². The normalized spacial score (nSPS) is 19.9. The first-order chi connectivity index (χ1) is 8.24. The molecular formula is C15H22BrN. The summed E-state index contributed by atoms with van der Waals surface area (Å²) in [5, 5.41) is 0.957. The third kappa shape index (κ3) is 3.04. The topological polar surface area (TPSA) is 3.24 Å². The Bertz CT molecular complexity index is 375. The van der Waals surface area contributed by atoms with Crippen LogP contribution in [0.25, 0.3) is 0 Å². The highest BCUT2D eigenvalue weighted by Crippen LogP contribution is 2.30. The maximum atomic E-state index is 3.61. The summed E-state index contributed by atoms with van der Waals surface area (Å²) in [7, 11) is 0. The van der Waals surface area contributed by atoms with E-state index in [1.165, 1.54) is 49.2 Å². The zero-order chi connectivity index (χ0) is 12.3. The van der Waals surface area contributed by atoms with Crippen molar-refractivity contribution >= 4 is 21.6 Å². The molecule has 1 fully saturated rings. The fraction of sp³-hybridized carbons (Fsp3) is 0.600. The molecule has 0 spiro atoms. The van der Waals surface area contributed by atoms with Gasteiger partial charge in [0.05, 0.1) is 0 Å². The fourth-order valence-electron chi connectivity index (χ4n) is 2.83. The average Bonchev–Trinajstić information content (AvgIpc) is 2.78. The number of hydrogen-bond acceptors (Lipinski definition) is 1. The molecule has 0 N–H and O–H groups in total. The highest BCUT2D eigenvalue weighted by molar-refractivity contribution is 9.08. The summed E-state index contributed by atoms with van der Waals surface area (Å²) in [4.78, 5) is 2.57. The van der Waals surface area contributed by atoms with Crippen molar-refractivity contribution in [2.24, 2.45) is 5.92 Å². The summed E-state index contributed by atoms with van der Waals surface area (Å²) >= 11 is 3.61. The molecule has 0 bridgehead atoms. The summed E-state index contributed by atoms with van der Waals surface area (Å²) in [6, 6.07) is 6.83. The lowest BCUT2D eigenvalue weighted by Gasteiger charge is -2.22. The molecule has 2 rings (SSSR count). The predicted octanol–water partition coefficient (Wildman–Crippen LogP) is 4.52. The second kappa shape index (κ2) is 5.90. The number of rotatable bonds is 4. The lowest BCUT2D eigenvalue weighted by atomic mass is 10.0. The second-order valence-corrected chi connectivity index (χ2v) is 5.72. The number of anilines is 1. The number of nitrogens with zero attached hydrogens (tertiary/aromatic N) is 1. The minimum Gasteiger partial charge on any atom is -0.371 e. The Morgan fingerprint density at radius 3 is 2.94 bits per heavy atom. The van der Waals surface area contributed by atoms with Gasteiger partial charge in [-0.05, 0) is 37.3 Å². The van der Waals surface area contributed by atoms with Gasteiger partial charge in [-0.3, -0.25) is 0 Å². The summed E-state index contributed by atoms with van der Waals surface area (Å²) in [6.07, 6.45) is 4.06. The van der Waals surface area contributed by atoms with Crippen molar-refractivity contribution in [3.63, 3.8) is 0 Å². The van der Waals surface area contributed by atoms with Gasteiger partial charge in [-0.2, -0.15) is 0 Å². The molecule has 0 saturated carbocycles. The first-order valence-corrected chi connectivity index (χ1v) is 7.77. The van der Waals surface area contributed by atoms with Crippen LogP contribution < -0.4 is 4.90 Å². The lowest BCUT2D eigenvalue weighted by Crippen LogP contribution is -2.20. The van der Waals surface area contributed by atoms with Gasteiger partial charge in [0.15, 0.2) is 0 Å². The van der Waals surface area contributed by atoms with E-state index in [0.29, 0.717) is 0 Å². The monoisotopic (exact) mass is 295 g/mol. The molecule has 0 aliphatic carbocycles. The molecule has 1 unspecified atom stereocenters. The molecule has 94 valence electrons. The third-order valence-corrected chi connectivity index (χ3v) is 4.31. The van der Waals surface area contributed by atoms with E-state index in [2.05, 4.69) is 52.9 Å². The third-order valence-electron chi connectivity index (χ3n) is 3.70. The van der Waals surface area contributed by atoms with E-state index >= 15 is 0 Å². The number of halogens is 1. The van der Waals surface area contributed by atoms with E-state index < -0.39 is 0 Å². The summed E-state index contributed by atoms with van der Waals surface area (Å²) in [5.41, 5.74) is 4.22. The first-order valence-electron chi connectivity index (χ1n) is 6.65. The van der Waals surface area contributed by atoms with Crippen molar-refractivity contribution in [1.82, 2.24) is 0 Å². The quantitative estimate of drug-likeness (QED) is 0.739. The van der Waals surface area contributed by atoms with Crippen molar-refractivity contribution in [2.75, 3.05) is 18.0 Å². The van der Waals surface area contributed by atoms with Crippen LogP contribution >= 0.6 is 15.9 Å². The van der Waals surface area contributed by atoms with Gasteiger partial charge in [-0.15, -0.1) is 0 Å². The summed E-state index contributed by atoms with van der Waals surface area (Å²) in [6.45, 7) is 6.93. The molecule has 1 aromatic carbocycles. The fourth-order valence-corrected chi connectivity index (χ4v) is 3.27. The van der Waals surface area contributed by atoms with Gasteiger partial charge in [-0.1, -0.05) is 47.0 Å². The molecule has 1 aliphatic heterocycles. The van der Waals surface area contributed by atoms with E-state index in [1.807, 2.05) is 0 Å². The standard InChI is InChI=1S/C15H22BrN/c1-3-4-13-7-8-17(11-13)15-6-5-12(2)9-14(15)10-16/h5-6,9,13H,3-4,7-8,10-11H2,1-2H3. The van der Waals surface area contributed by atoms with Crippen LogP contribution in [0.15, 0.2) is 18.2 Å². The minimum absolute atomic E-state index is 0.907. The molecule has 2 heteroatoms. The van der Waals surface area contributed by atoms with Gasteiger partial charge in [-0.25, -0.2) is 0 Å². The Hall–Kier alpha value is -0.500. The van der Waals surface area contributed by atoms with Crippen LogP contribution in [0.3, 0.4) is 0 Å². The summed E-state index contributed by atoms with van der Waals surface area (Å²) < 4.78 is 0. The molecule has 1 aliphatic rings. The van der Waals surface area contributed by atoms with Gasteiger partial charge >= 0.3 is 0 Å². The average molecular weight is 296 g/mol. The van der Waals surface area contributed by atoms with Gasteiger partial charge in [0, 0.05) is 24.1 Å². The van der Waals surface area contributed by atoms with Gasteiger partial charge in [0.1, 0.15) is 0 Å². The Morgan fingerprint density at radius 1 is 1.41 bits per heavy atom. The van der Waals surface area contributed by atoms with Crippen LogP contribution in [-0.2, 0) is 5.33 Å². The number of hydrogen-bond donors (Lipinski definition) is 0. The Balaban J connectivity index is 2.12. The number of benzene rings is 1. The molecule has 1 heterocycles. The van der Waals surface area contributed by atoms with E-state index in [4.69, 9.17) is 0 Å². The van der Waals surface area contributed by atoms with Crippen molar-refractivity contribution in [3.05, 3.63) is 29.3 Å². The Kier molecular flexibility index (Phi) is 4.49. The van der Waals surface area contributed by atoms with E-state index in [0.717, 1.165) is 11.2 Å². The zero-order valence-corrected chi connectivity index (χ0v) is 12.5. The van der Waals surface area contributed by atoms with Crippen molar-refractivity contribution in [2.45, 2.75) is 38.4 Å². The second-order valence-electron chi connectivity index (χ2n) is 5.16. The Morgan fingerprint density at radius 2 is 2.24 bits per heavy atom. The highest BCUT2D eigenvalue weighted by Gasteiger charge is 2.23. The van der Waals surface area contributed by atoms with E-state index in [-0.39, 0.29) is 0 Å². The molecule has 0 radical (unpaired) electrons. The van der Waals surface area contributed by atoms with Crippen molar-refractivity contribution < 1.29 is 0 Å². The van der Waals surface area contributed by atoms with E-state index in [1.54, 1.807) is 0 Å². The molecule has 0 amide bonds. The van der Waals surface area contributed by atoms with Crippen LogP contribution in [0.2, 0.25) is 0 Å². The van der Waals surface area contributed by atoms with Crippen molar-refractivity contribution in [1.29, 1.82) is 0 Å². The van der Waals surface area contributed by atoms with Crippen molar-refractivity contribution in [3.8, 4) is 0 Å². The largest absolute Gasteiger partial charge is 0.371 e. The maximum Gasteiger partial charge on any atom is 0.0407 e. The van der Waals surface area contributed by atoms with Crippen LogP contribution in [0.5, 0.6) is 0 Å². The first kappa shape index (κ1) is 12.9. The van der Waals surface area contributed by atoms with Gasteiger partial charge in [0.2, 0.25) is 0 Å². The molecule has 1 nitrogen and oxygen atoms in total. The number of aryl methyl sites for hydroxylation is 1.